The number of hydrogen-bond donors (Lipinski definition) is 0. The molecule has 0 amide bonds. The summed E-state index contributed by atoms with van der Waals surface area (Å²) in [6.07, 6.45) is 1.98. The van der Waals surface area contributed by atoms with E-state index in [1.54, 1.807) is 0 Å². The molecule has 0 aliphatic heterocycles. The number of imidazole rings is 1. The van der Waals surface area contributed by atoms with Crippen molar-refractivity contribution in [1.29, 1.82) is 0 Å². The highest BCUT2D eigenvalue weighted by Gasteiger charge is 2.04. The summed E-state index contributed by atoms with van der Waals surface area (Å²) in [5.41, 5.74) is 2.72. The third-order valence-corrected chi connectivity index (χ3v) is 1.68. The van der Waals surface area contributed by atoms with Crippen molar-refractivity contribution in [3.8, 4) is 0 Å². The van der Waals surface area contributed by atoms with Crippen LogP contribution in [0.25, 0.3) is 0 Å². The molecular weight excluding hydrogens is 162 g/mol. The minimum Gasteiger partial charge on any atom is -0.333 e. The first kappa shape index (κ1) is 9.71. The van der Waals surface area contributed by atoms with Crippen LogP contribution < -0.4 is 0 Å². The summed E-state index contributed by atoms with van der Waals surface area (Å²) in [5.74, 6) is 0.903. The van der Waals surface area contributed by atoms with Crippen molar-refractivity contribution < 1.29 is 0 Å². The maximum Gasteiger partial charge on any atom is 0.154 e. The van der Waals surface area contributed by atoms with Gasteiger partial charge in [-0.25, -0.2) is 4.98 Å². The summed E-state index contributed by atoms with van der Waals surface area (Å²) in [6, 6.07) is 0. The Bertz CT molecular complexity index is 358. The van der Waals surface area contributed by atoms with Crippen LogP contribution in [0.4, 0.5) is 0 Å². The summed E-state index contributed by atoms with van der Waals surface area (Å²) in [6.45, 7) is 9.52. The third-order valence-electron chi connectivity index (χ3n) is 1.68. The van der Waals surface area contributed by atoms with Gasteiger partial charge in [-0.05, 0) is 20.8 Å². The zero-order valence-electron chi connectivity index (χ0n) is 8.63. The molecule has 0 aliphatic rings. The van der Waals surface area contributed by atoms with Gasteiger partial charge in [0.1, 0.15) is 0 Å². The topological polar surface area (TPSA) is 30.2 Å². The number of nitrogens with zero attached hydrogens (tertiary/aromatic N) is 3. The molecule has 70 valence electrons. The smallest absolute Gasteiger partial charge is 0.154 e. The van der Waals surface area contributed by atoms with Crippen molar-refractivity contribution in [1.82, 2.24) is 9.55 Å². The Hall–Kier alpha value is -1.38. The lowest BCUT2D eigenvalue weighted by molar-refractivity contribution is 0.895. The number of aryl methyl sites for hydroxylation is 2. The molecule has 0 bridgehead atoms. The molecule has 1 rings (SSSR count). The Labute approximate surface area is 78.8 Å². The molecule has 0 fully saturated rings. The van der Waals surface area contributed by atoms with Crippen LogP contribution in [0.3, 0.4) is 0 Å². The van der Waals surface area contributed by atoms with Crippen molar-refractivity contribution >= 4 is 5.71 Å². The lowest BCUT2D eigenvalue weighted by Gasteiger charge is -1.99. The van der Waals surface area contributed by atoms with Gasteiger partial charge in [0.25, 0.3) is 0 Å². The molecule has 1 aromatic heterocycles. The van der Waals surface area contributed by atoms with Crippen LogP contribution in [-0.4, -0.2) is 15.3 Å². The number of aliphatic imine (C=N–C) groups is 1. The first-order chi connectivity index (χ1) is 6.00. The summed E-state index contributed by atoms with van der Waals surface area (Å²) >= 11 is 0. The SMILES string of the molecule is C=C(C)N=C(C)c1nc(C)cn1C. The summed E-state index contributed by atoms with van der Waals surface area (Å²) in [7, 11) is 1.97. The Balaban J connectivity index is 3.08. The third kappa shape index (κ3) is 2.28. The van der Waals surface area contributed by atoms with Crippen LogP contribution in [0.5, 0.6) is 0 Å². The van der Waals surface area contributed by atoms with Gasteiger partial charge in [0.15, 0.2) is 5.82 Å². The molecule has 0 aromatic carbocycles. The van der Waals surface area contributed by atoms with Crippen LogP contribution in [0.2, 0.25) is 0 Å². The molecule has 0 aliphatic carbocycles. The van der Waals surface area contributed by atoms with E-state index in [2.05, 4.69) is 16.6 Å². The van der Waals surface area contributed by atoms with E-state index in [0.717, 1.165) is 22.9 Å². The Kier molecular flexibility index (Phi) is 2.66. The molecule has 3 nitrogen and oxygen atoms in total. The fourth-order valence-electron chi connectivity index (χ4n) is 1.29. The van der Waals surface area contributed by atoms with E-state index in [4.69, 9.17) is 0 Å². The van der Waals surface area contributed by atoms with E-state index in [1.807, 2.05) is 38.6 Å². The lowest BCUT2D eigenvalue weighted by Crippen LogP contribution is -2.04. The van der Waals surface area contributed by atoms with Gasteiger partial charge in [-0.2, -0.15) is 0 Å². The van der Waals surface area contributed by atoms with Crippen LogP contribution in [0.15, 0.2) is 23.5 Å². The number of rotatable bonds is 2. The molecule has 0 spiro atoms. The van der Waals surface area contributed by atoms with Gasteiger partial charge in [0.2, 0.25) is 0 Å². The van der Waals surface area contributed by atoms with Gasteiger partial charge in [0.05, 0.1) is 11.4 Å². The molecular formula is C10H15N3. The second-order valence-electron chi connectivity index (χ2n) is 3.25. The molecule has 1 heterocycles. The standard InChI is InChI=1S/C10H15N3/c1-7(2)11-9(4)10-12-8(3)6-13(10)5/h6H,1H2,2-5H3. The van der Waals surface area contributed by atoms with Gasteiger partial charge in [-0.1, -0.05) is 6.58 Å². The molecule has 0 radical (unpaired) electrons. The summed E-state index contributed by atoms with van der Waals surface area (Å²) in [5, 5.41) is 0. The van der Waals surface area contributed by atoms with Gasteiger partial charge >= 0.3 is 0 Å². The van der Waals surface area contributed by atoms with Crippen molar-refractivity contribution in [2.45, 2.75) is 20.8 Å². The van der Waals surface area contributed by atoms with Crippen molar-refractivity contribution in [2.24, 2.45) is 12.0 Å². The Morgan fingerprint density at radius 2 is 2.15 bits per heavy atom. The van der Waals surface area contributed by atoms with Crippen LogP contribution in [-0.2, 0) is 7.05 Å². The van der Waals surface area contributed by atoms with Gasteiger partial charge in [0, 0.05) is 18.9 Å². The van der Waals surface area contributed by atoms with E-state index < -0.39 is 0 Å². The van der Waals surface area contributed by atoms with E-state index in [1.165, 1.54) is 0 Å². The summed E-state index contributed by atoms with van der Waals surface area (Å²) in [4.78, 5) is 8.61. The van der Waals surface area contributed by atoms with Crippen molar-refractivity contribution in [3.05, 3.63) is 30.0 Å². The van der Waals surface area contributed by atoms with Gasteiger partial charge in [-0.3, -0.25) is 4.99 Å². The average molecular weight is 177 g/mol. The van der Waals surface area contributed by atoms with Gasteiger partial charge < -0.3 is 4.57 Å². The zero-order chi connectivity index (χ0) is 10.0. The highest BCUT2D eigenvalue weighted by atomic mass is 15.1. The zero-order valence-corrected chi connectivity index (χ0v) is 8.63. The molecule has 0 atom stereocenters. The van der Waals surface area contributed by atoms with Crippen LogP contribution in [0.1, 0.15) is 25.4 Å². The van der Waals surface area contributed by atoms with E-state index >= 15 is 0 Å². The molecule has 13 heavy (non-hydrogen) atoms. The average Bonchev–Trinajstić information content (AvgIpc) is 2.28. The molecule has 0 saturated heterocycles. The summed E-state index contributed by atoms with van der Waals surface area (Å²) < 4.78 is 1.97. The Morgan fingerprint density at radius 3 is 2.54 bits per heavy atom. The molecule has 0 saturated carbocycles. The van der Waals surface area contributed by atoms with Crippen LogP contribution >= 0.6 is 0 Å². The van der Waals surface area contributed by atoms with Gasteiger partial charge in [-0.15, -0.1) is 0 Å². The quantitative estimate of drug-likeness (QED) is 0.636. The fraction of sp³-hybridized carbons (Fsp3) is 0.400. The second kappa shape index (κ2) is 3.56. The number of allylic oxidation sites excluding steroid dienone is 1. The largest absolute Gasteiger partial charge is 0.333 e. The second-order valence-corrected chi connectivity index (χ2v) is 3.25. The highest BCUT2D eigenvalue weighted by molar-refractivity contribution is 5.96. The molecule has 3 heteroatoms. The molecule has 1 aromatic rings. The minimum absolute atomic E-state index is 0.804. The molecule has 0 N–H and O–H groups in total. The van der Waals surface area contributed by atoms with Crippen molar-refractivity contribution in [3.63, 3.8) is 0 Å². The van der Waals surface area contributed by atoms with Crippen molar-refractivity contribution in [2.75, 3.05) is 0 Å². The first-order valence-electron chi connectivity index (χ1n) is 4.22. The monoisotopic (exact) mass is 177 g/mol. The number of aromatic nitrogens is 2. The highest BCUT2D eigenvalue weighted by Crippen LogP contribution is 2.03. The van der Waals surface area contributed by atoms with E-state index in [-0.39, 0.29) is 0 Å². The normalized spacial score (nSPS) is 11.8. The Morgan fingerprint density at radius 1 is 1.54 bits per heavy atom. The van der Waals surface area contributed by atoms with E-state index in [0.29, 0.717) is 0 Å². The lowest BCUT2D eigenvalue weighted by atomic mass is 10.4. The minimum atomic E-state index is 0.804. The predicted molar refractivity (Wildman–Crippen MR) is 55.0 cm³/mol. The van der Waals surface area contributed by atoms with Crippen LogP contribution in [0, 0.1) is 6.92 Å². The number of hydrogen-bond acceptors (Lipinski definition) is 2. The maximum absolute atomic E-state index is 4.35. The first-order valence-corrected chi connectivity index (χ1v) is 4.22. The fourth-order valence-corrected chi connectivity index (χ4v) is 1.29. The maximum atomic E-state index is 4.35. The predicted octanol–water partition coefficient (Wildman–Crippen LogP) is 2.07. The van der Waals surface area contributed by atoms with E-state index in [9.17, 15) is 0 Å². The molecule has 0 unspecified atom stereocenters.